The van der Waals surface area contributed by atoms with Crippen molar-refractivity contribution in [2.45, 2.75) is 46.6 Å². The quantitative estimate of drug-likeness (QED) is 0.689. The summed E-state index contributed by atoms with van der Waals surface area (Å²) in [6.07, 6.45) is 2.04. The van der Waals surface area contributed by atoms with Gasteiger partial charge in [0.05, 0.1) is 12.5 Å². The maximum Gasteiger partial charge on any atom is 0.224 e. The van der Waals surface area contributed by atoms with Crippen molar-refractivity contribution in [1.82, 2.24) is 10.2 Å². The lowest BCUT2D eigenvalue weighted by atomic mass is 9.96. The highest BCUT2D eigenvalue weighted by Gasteiger charge is 2.26. The Hall–Kier alpha value is -0.940. The average Bonchev–Trinajstić information content (AvgIpc) is 2.46. The van der Waals surface area contributed by atoms with Gasteiger partial charge in [0.25, 0.3) is 0 Å². The topological polar surface area (TPSA) is 58.6 Å². The van der Waals surface area contributed by atoms with Gasteiger partial charge >= 0.3 is 0 Å². The number of Topliss-reactive ketones (excluding diaryl/α,β-unsaturated/α-hetero) is 1. The molecule has 1 rings (SSSR count). The predicted octanol–water partition coefficient (Wildman–Crippen LogP) is 1.46. The molecule has 0 aromatic heterocycles. The van der Waals surface area contributed by atoms with E-state index >= 15 is 0 Å². The van der Waals surface area contributed by atoms with Crippen LogP contribution in [0.3, 0.4) is 0 Å². The average molecular weight is 298 g/mol. The van der Waals surface area contributed by atoms with Gasteiger partial charge in [0, 0.05) is 25.0 Å². The summed E-state index contributed by atoms with van der Waals surface area (Å²) in [6.45, 7) is 11.0. The van der Waals surface area contributed by atoms with Crippen molar-refractivity contribution in [1.29, 1.82) is 0 Å². The minimum Gasteiger partial charge on any atom is -0.372 e. The van der Waals surface area contributed by atoms with E-state index in [9.17, 15) is 9.59 Å². The molecule has 0 radical (unpaired) electrons. The number of nitrogens with one attached hydrogen (secondary N) is 1. The molecule has 1 atom stereocenters. The fourth-order valence-electron chi connectivity index (χ4n) is 2.42. The number of carbonyl (C=O) groups excluding carboxylic acids is 2. The summed E-state index contributed by atoms with van der Waals surface area (Å²) >= 11 is 0. The first kappa shape index (κ1) is 18.1. The van der Waals surface area contributed by atoms with Crippen LogP contribution in [0, 0.1) is 11.8 Å². The molecule has 1 aliphatic heterocycles. The molecule has 0 spiro atoms. The molecule has 0 aliphatic carbocycles. The molecular formula is C16H30N2O3. The van der Waals surface area contributed by atoms with Crippen LogP contribution in [0.2, 0.25) is 0 Å². The van der Waals surface area contributed by atoms with E-state index in [-0.39, 0.29) is 30.1 Å². The van der Waals surface area contributed by atoms with E-state index in [2.05, 4.69) is 24.1 Å². The minimum atomic E-state index is 0.00356. The van der Waals surface area contributed by atoms with Gasteiger partial charge in [0.1, 0.15) is 6.61 Å². The second kappa shape index (κ2) is 9.15. The Morgan fingerprint density at radius 2 is 2.00 bits per heavy atom. The number of hydrogen-bond donors (Lipinski definition) is 1. The molecule has 1 fully saturated rings. The summed E-state index contributed by atoms with van der Waals surface area (Å²) < 4.78 is 5.28. The smallest absolute Gasteiger partial charge is 0.224 e. The summed E-state index contributed by atoms with van der Waals surface area (Å²) in [6, 6.07) is 0.492. The second-order valence-corrected chi connectivity index (χ2v) is 6.39. The van der Waals surface area contributed by atoms with E-state index in [4.69, 9.17) is 4.74 Å². The van der Waals surface area contributed by atoms with E-state index in [1.807, 2.05) is 13.8 Å². The summed E-state index contributed by atoms with van der Waals surface area (Å²) in [5, 5.41) is 2.91. The van der Waals surface area contributed by atoms with Gasteiger partial charge in [-0.05, 0) is 33.2 Å². The molecular weight excluding hydrogens is 268 g/mol. The number of likely N-dealkylation sites (tertiary alicyclic amines) is 1. The summed E-state index contributed by atoms with van der Waals surface area (Å²) in [7, 11) is 0. The van der Waals surface area contributed by atoms with Crippen molar-refractivity contribution in [3.63, 3.8) is 0 Å². The Bertz CT molecular complexity index is 342. The lowest BCUT2D eigenvalue weighted by Gasteiger charge is -2.34. The first-order valence-corrected chi connectivity index (χ1v) is 8.04. The molecule has 1 N–H and O–H groups in total. The Morgan fingerprint density at radius 1 is 1.29 bits per heavy atom. The Labute approximate surface area is 128 Å². The third-order valence-electron chi connectivity index (χ3n) is 3.99. The Kier molecular flexibility index (Phi) is 7.89. The van der Waals surface area contributed by atoms with Crippen LogP contribution in [0.4, 0.5) is 0 Å². The molecule has 0 aromatic rings. The molecule has 5 heteroatoms. The molecule has 122 valence electrons. The van der Waals surface area contributed by atoms with E-state index in [1.54, 1.807) is 0 Å². The highest BCUT2D eigenvalue weighted by atomic mass is 16.5. The third-order valence-corrected chi connectivity index (χ3v) is 3.99. The Balaban J connectivity index is 2.17. The fraction of sp³-hybridized carbons (Fsp3) is 0.875. The van der Waals surface area contributed by atoms with E-state index < -0.39 is 0 Å². The van der Waals surface area contributed by atoms with Gasteiger partial charge in [-0.3, -0.25) is 9.59 Å². The number of rotatable bonds is 8. The molecule has 0 saturated carbocycles. The summed E-state index contributed by atoms with van der Waals surface area (Å²) in [5.74, 6) is 0.294. The van der Waals surface area contributed by atoms with Crippen molar-refractivity contribution < 1.29 is 14.3 Å². The molecule has 1 unspecified atom stereocenters. The van der Waals surface area contributed by atoms with Crippen molar-refractivity contribution in [3.8, 4) is 0 Å². The number of amides is 1. The normalized spacial score (nSPS) is 20.0. The van der Waals surface area contributed by atoms with Crippen LogP contribution in [0.5, 0.6) is 0 Å². The van der Waals surface area contributed by atoms with Crippen LogP contribution < -0.4 is 5.32 Å². The lowest BCUT2D eigenvalue weighted by Crippen LogP contribution is -2.46. The van der Waals surface area contributed by atoms with Gasteiger partial charge in [-0.2, -0.15) is 0 Å². The highest BCUT2D eigenvalue weighted by Crippen LogP contribution is 2.18. The number of nitrogens with zero attached hydrogens (tertiary/aromatic N) is 1. The number of hydrogen-bond acceptors (Lipinski definition) is 4. The molecule has 0 bridgehead atoms. The number of carbonyl (C=O) groups is 2. The summed E-state index contributed by atoms with van der Waals surface area (Å²) in [5.41, 5.74) is 0. The number of ether oxygens (including phenoxy) is 1. The van der Waals surface area contributed by atoms with Gasteiger partial charge in [-0.25, -0.2) is 0 Å². The van der Waals surface area contributed by atoms with Crippen molar-refractivity contribution in [2.75, 3.05) is 32.8 Å². The molecule has 0 aromatic carbocycles. The maximum atomic E-state index is 12.1. The van der Waals surface area contributed by atoms with Gasteiger partial charge in [-0.15, -0.1) is 0 Å². The molecule has 1 saturated heterocycles. The summed E-state index contributed by atoms with van der Waals surface area (Å²) in [4.78, 5) is 25.8. The zero-order valence-electron chi connectivity index (χ0n) is 13.9. The van der Waals surface area contributed by atoms with Crippen LogP contribution in [-0.2, 0) is 14.3 Å². The standard InChI is InChI=1S/C16H30N2O3/c1-12(2)15(19)11-21-9-7-17-16(20)14-6-5-8-18(10-14)13(3)4/h12-14H,5-11H2,1-4H3,(H,17,20). The van der Waals surface area contributed by atoms with Crippen LogP contribution in [-0.4, -0.2) is 55.5 Å². The second-order valence-electron chi connectivity index (χ2n) is 6.39. The van der Waals surface area contributed by atoms with Gasteiger partial charge < -0.3 is 15.0 Å². The first-order valence-electron chi connectivity index (χ1n) is 8.04. The highest BCUT2D eigenvalue weighted by molar-refractivity contribution is 5.81. The largest absolute Gasteiger partial charge is 0.372 e. The number of piperidine rings is 1. The first-order chi connectivity index (χ1) is 9.91. The van der Waals surface area contributed by atoms with E-state index in [0.717, 1.165) is 25.9 Å². The fourth-order valence-corrected chi connectivity index (χ4v) is 2.42. The monoisotopic (exact) mass is 298 g/mol. The van der Waals surface area contributed by atoms with Crippen LogP contribution in [0.25, 0.3) is 0 Å². The van der Waals surface area contributed by atoms with Crippen molar-refractivity contribution >= 4 is 11.7 Å². The van der Waals surface area contributed by atoms with Crippen LogP contribution in [0.1, 0.15) is 40.5 Å². The zero-order chi connectivity index (χ0) is 15.8. The molecule has 1 amide bonds. The Morgan fingerprint density at radius 3 is 2.62 bits per heavy atom. The van der Waals surface area contributed by atoms with Gasteiger partial charge in [0.15, 0.2) is 5.78 Å². The van der Waals surface area contributed by atoms with Crippen molar-refractivity contribution in [3.05, 3.63) is 0 Å². The van der Waals surface area contributed by atoms with E-state index in [1.165, 1.54) is 0 Å². The van der Waals surface area contributed by atoms with Gasteiger partial charge in [0.2, 0.25) is 5.91 Å². The molecule has 1 heterocycles. The van der Waals surface area contributed by atoms with Crippen molar-refractivity contribution in [2.24, 2.45) is 11.8 Å². The minimum absolute atomic E-state index is 0.00356. The lowest BCUT2D eigenvalue weighted by molar-refractivity contribution is -0.127. The maximum absolute atomic E-state index is 12.1. The number of ketones is 1. The SMILES string of the molecule is CC(C)C(=O)COCCNC(=O)C1CCCN(C(C)C)C1. The molecule has 21 heavy (non-hydrogen) atoms. The zero-order valence-corrected chi connectivity index (χ0v) is 13.9. The predicted molar refractivity (Wildman–Crippen MR) is 83.1 cm³/mol. The van der Waals surface area contributed by atoms with Crippen LogP contribution >= 0.6 is 0 Å². The van der Waals surface area contributed by atoms with Crippen LogP contribution in [0.15, 0.2) is 0 Å². The molecule has 5 nitrogen and oxygen atoms in total. The third kappa shape index (κ3) is 6.57. The molecule has 1 aliphatic rings. The van der Waals surface area contributed by atoms with E-state index in [0.29, 0.717) is 19.2 Å². The van der Waals surface area contributed by atoms with Gasteiger partial charge in [-0.1, -0.05) is 13.8 Å².